The Hall–Kier alpha value is -0.960. The van der Waals surface area contributed by atoms with Crippen molar-refractivity contribution in [3.63, 3.8) is 0 Å². The van der Waals surface area contributed by atoms with Gasteiger partial charge in [-0.25, -0.2) is 17.9 Å². The first kappa shape index (κ1) is 17.1. The number of aliphatic hydroxyl groups excluding tert-OH is 1. The quantitative estimate of drug-likeness (QED) is 0.529. The predicted molar refractivity (Wildman–Crippen MR) is 76.4 cm³/mol. The summed E-state index contributed by atoms with van der Waals surface area (Å²) in [6.45, 7) is 0.466. The average Bonchev–Trinajstić information content (AvgIpc) is 2.92. The number of unbranched alkanes of at least 4 members (excludes halogenated alkanes) is 3. The summed E-state index contributed by atoms with van der Waals surface area (Å²) in [5.74, 6) is -0.650. The number of carbonyl (C=O) groups excluding carboxylic acids is 1. The first-order chi connectivity index (χ1) is 9.53. The van der Waals surface area contributed by atoms with E-state index in [0.29, 0.717) is 13.0 Å². The lowest BCUT2D eigenvalue weighted by Gasteiger charge is -2.06. The van der Waals surface area contributed by atoms with Crippen molar-refractivity contribution in [3.8, 4) is 0 Å². The molecule has 0 aromatic carbocycles. The Bertz CT molecular complexity index is 524. The maximum absolute atomic E-state index is 12.1. The molecule has 2 N–H and O–H groups in total. The van der Waals surface area contributed by atoms with Crippen LogP contribution in [0.25, 0.3) is 0 Å². The van der Waals surface area contributed by atoms with Crippen molar-refractivity contribution >= 4 is 27.3 Å². The van der Waals surface area contributed by atoms with Gasteiger partial charge in [-0.1, -0.05) is 12.8 Å². The van der Waals surface area contributed by atoms with Crippen LogP contribution >= 0.6 is 11.3 Å². The molecule has 0 fully saturated rings. The van der Waals surface area contributed by atoms with E-state index in [-0.39, 0.29) is 16.4 Å². The highest BCUT2D eigenvalue weighted by Gasteiger charge is 2.23. The van der Waals surface area contributed by atoms with Crippen LogP contribution in [0.4, 0.5) is 0 Å². The van der Waals surface area contributed by atoms with Crippen molar-refractivity contribution < 1.29 is 23.1 Å². The van der Waals surface area contributed by atoms with E-state index in [1.54, 1.807) is 5.38 Å². The standard InChI is InChI=1S/C12H19NO5S2/c1-18-12(15)11-10(6-9-19-11)20(16,17)13-7-4-2-3-5-8-14/h6,9,13-14H,2-5,7-8H2,1H3. The second-order valence-corrected chi connectivity index (χ2v) is 6.79. The molecule has 8 heteroatoms. The fraction of sp³-hybridized carbons (Fsp3) is 0.583. The number of thiophene rings is 1. The minimum Gasteiger partial charge on any atom is -0.465 e. The summed E-state index contributed by atoms with van der Waals surface area (Å²) in [5, 5.41) is 10.2. The van der Waals surface area contributed by atoms with Crippen LogP contribution in [0.5, 0.6) is 0 Å². The summed E-state index contributed by atoms with van der Waals surface area (Å²) in [4.78, 5) is 11.5. The molecule has 0 aliphatic heterocycles. The number of methoxy groups -OCH3 is 1. The average molecular weight is 321 g/mol. The smallest absolute Gasteiger partial charge is 0.349 e. The Labute approximate surface area is 122 Å². The molecule has 0 spiro atoms. The highest BCUT2D eigenvalue weighted by atomic mass is 32.2. The predicted octanol–water partition coefficient (Wildman–Crippen LogP) is 1.37. The van der Waals surface area contributed by atoms with Gasteiger partial charge in [0, 0.05) is 13.2 Å². The molecule has 0 aliphatic rings. The molecule has 1 aromatic rings. The SMILES string of the molecule is COC(=O)c1sccc1S(=O)(=O)NCCCCCCO. The summed E-state index contributed by atoms with van der Waals surface area (Å²) in [6, 6.07) is 1.39. The Morgan fingerprint density at radius 1 is 1.35 bits per heavy atom. The number of nitrogens with one attached hydrogen (secondary N) is 1. The lowest BCUT2D eigenvalue weighted by molar-refractivity contribution is 0.0602. The van der Waals surface area contributed by atoms with Gasteiger partial charge in [0.2, 0.25) is 10.0 Å². The Morgan fingerprint density at radius 2 is 2.05 bits per heavy atom. The molecule has 0 unspecified atom stereocenters. The fourth-order valence-corrected chi connectivity index (χ4v) is 4.03. The topological polar surface area (TPSA) is 92.7 Å². The number of ether oxygens (including phenoxy) is 1. The summed E-state index contributed by atoms with van der Waals surface area (Å²) in [6.07, 6.45) is 3.13. The molecule has 0 atom stereocenters. The molecule has 1 rings (SSSR count). The number of aliphatic hydroxyl groups is 1. The third kappa shape index (κ3) is 4.86. The molecule has 1 aromatic heterocycles. The lowest BCUT2D eigenvalue weighted by Crippen LogP contribution is -2.25. The molecular formula is C12H19NO5S2. The van der Waals surface area contributed by atoms with Gasteiger partial charge < -0.3 is 9.84 Å². The number of rotatable bonds is 9. The Balaban J connectivity index is 2.57. The van der Waals surface area contributed by atoms with Crippen LogP contribution in [0.2, 0.25) is 0 Å². The highest BCUT2D eigenvalue weighted by molar-refractivity contribution is 7.89. The molecule has 114 valence electrons. The first-order valence-corrected chi connectivity index (χ1v) is 8.65. The summed E-state index contributed by atoms with van der Waals surface area (Å²) in [5.41, 5.74) is 0. The zero-order valence-corrected chi connectivity index (χ0v) is 12.9. The van der Waals surface area contributed by atoms with Crippen LogP contribution in [0, 0.1) is 0 Å². The highest BCUT2D eigenvalue weighted by Crippen LogP contribution is 2.22. The molecule has 20 heavy (non-hydrogen) atoms. The summed E-state index contributed by atoms with van der Waals surface area (Å²) in [7, 11) is -2.47. The van der Waals surface area contributed by atoms with Crippen molar-refractivity contribution in [1.82, 2.24) is 4.72 Å². The van der Waals surface area contributed by atoms with E-state index in [2.05, 4.69) is 9.46 Å². The Morgan fingerprint density at radius 3 is 2.70 bits per heavy atom. The maximum Gasteiger partial charge on any atom is 0.349 e. The van der Waals surface area contributed by atoms with Crippen LogP contribution in [-0.4, -0.2) is 39.8 Å². The van der Waals surface area contributed by atoms with Gasteiger partial charge in [0.25, 0.3) is 0 Å². The molecule has 0 saturated carbocycles. The van der Waals surface area contributed by atoms with Crippen molar-refractivity contribution in [2.45, 2.75) is 30.6 Å². The second-order valence-electron chi connectivity index (χ2n) is 4.14. The first-order valence-electron chi connectivity index (χ1n) is 6.29. The largest absolute Gasteiger partial charge is 0.465 e. The van der Waals surface area contributed by atoms with Gasteiger partial charge in [0.05, 0.1) is 7.11 Å². The van der Waals surface area contributed by atoms with Crippen molar-refractivity contribution in [1.29, 1.82) is 0 Å². The number of hydrogen-bond acceptors (Lipinski definition) is 6. The molecule has 0 radical (unpaired) electrons. The van der Waals surface area contributed by atoms with Gasteiger partial charge in [-0.05, 0) is 24.3 Å². The molecule has 6 nitrogen and oxygen atoms in total. The van der Waals surface area contributed by atoms with Gasteiger partial charge in [0.1, 0.15) is 9.77 Å². The Kier molecular flexibility index (Phi) is 7.14. The van der Waals surface area contributed by atoms with Crippen LogP contribution in [0.15, 0.2) is 16.3 Å². The second kappa shape index (κ2) is 8.35. The van der Waals surface area contributed by atoms with Crippen LogP contribution in [-0.2, 0) is 14.8 Å². The minimum absolute atomic E-state index is 0.0373. The van der Waals surface area contributed by atoms with Crippen LogP contribution in [0.1, 0.15) is 35.4 Å². The fourth-order valence-electron chi connectivity index (χ4n) is 1.63. The van der Waals surface area contributed by atoms with Crippen molar-refractivity contribution in [2.24, 2.45) is 0 Å². The normalized spacial score (nSPS) is 11.5. The third-order valence-electron chi connectivity index (χ3n) is 2.67. The van der Waals surface area contributed by atoms with Crippen molar-refractivity contribution in [3.05, 3.63) is 16.3 Å². The van der Waals surface area contributed by atoms with E-state index in [1.165, 1.54) is 13.2 Å². The molecule has 0 aliphatic carbocycles. The van der Waals surface area contributed by atoms with Gasteiger partial charge in [-0.2, -0.15) is 0 Å². The van der Waals surface area contributed by atoms with Gasteiger partial charge in [0.15, 0.2) is 0 Å². The van der Waals surface area contributed by atoms with Gasteiger partial charge >= 0.3 is 5.97 Å². The van der Waals surface area contributed by atoms with E-state index in [0.717, 1.165) is 30.6 Å². The van der Waals surface area contributed by atoms with Crippen molar-refractivity contribution in [2.75, 3.05) is 20.3 Å². The monoisotopic (exact) mass is 321 g/mol. The molecule has 0 bridgehead atoms. The molecular weight excluding hydrogens is 302 g/mol. The van der Waals surface area contributed by atoms with E-state index in [1.807, 2.05) is 0 Å². The van der Waals surface area contributed by atoms with Crippen LogP contribution < -0.4 is 4.72 Å². The number of esters is 1. The molecule has 1 heterocycles. The molecule has 0 saturated heterocycles. The van der Waals surface area contributed by atoms with E-state index >= 15 is 0 Å². The van der Waals surface area contributed by atoms with Gasteiger partial charge in [-0.15, -0.1) is 11.3 Å². The molecule has 0 amide bonds. The lowest BCUT2D eigenvalue weighted by atomic mass is 10.2. The zero-order valence-electron chi connectivity index (χ0n) is 11.3. The third-order valence-corrected chi connectivity index (χ3v) is 5.19. The van der Waals surface area contributed by atoms with E-state index in [9.17, 15) is 13.2 Å². The number of carbonyl (C=O) groups is 1. The minimum atomic E-state index is -3.69. The number of hydrogen-bond donors (Lipinski definition) is 2. The van der Waals surface area contributed by atoms with E-state index < -0.39 is 16.0 Å². The van der Waals surface area contributed by atoms with E-state index in [4.69, 9.17) is 5.11 Å². The number of sulfonamides is 1. The maximum atomic E-state index is 12.1. The summed E-state index contributed by atoms with van der Waals surface area (Å²) < 4.78 is 31.2. The van der Waals surface area contributed by atoms with Crippen LogP contribution in [0.3, 0.4) is 0 Å². The summed E-state index contributed by atoms with van der Waals surface area (Å²) >= 11 is 1.04. The van der Waals surface area contributed by atoms with Gasteiger partial charge in [-0.3, -0.25) is 0 Å². The zero-order chi connectivity index (χ0) is 15.0.